The fraction of sp³-hybridized carbons (Fsp3) is 0.421. The van der Waals surface area contributed by atoms with E-state index in [0.717, 1.165) is 16.3 Å². The first-order valence-electron chi connectivity index (χ1n) is 9.16. The Labute approximate surface area is 169 Å². The number of hydrogen-bond acceptors (Lipinski definition) is 6. The maximum Gasteiger partial charge on any atom is 0.188 e. The monoisotopic (exact) mass is 403 g/mol. The van der Waals surface area contributed by atoms with Crippen molar-refractivity contribution in [1.29, 1.82) is 0 Å². The van der Waals surface area contributed by atoms with Gasteiger partial charge in [-0.15, -0.1) is 0 Å². The van der Waals surface area contributed by atoms with Crippen LogP contribution in [-0.2, 0) is 0 Å². The SMILES string of the molecule is C/C(=N/NC(=S)NC1CCCCC1)c1sc(Nc2ccccc2O)nc1C. The zero-order valence-electron chi connectivity index (χ0n) is 15.6. The smallest absolute Gasteiger partial charge is 0.188 e. The van der Waals surface area contributed by atoms with E-state index in [2.05, 4.69) is 26.1 Å². The summed E-state index contributed by atoms with van der Waals surface area (Å²) in [5, 5.41) is 22.1. The lowest BCUT2D eigenvalue weighted by atomic mass is 9.96. The molecule has 0 amide bonds. The van der Waals surface area contributed by atoms with Gasteiger partial charge >= 0.3 is 0 Å². The normalized spacial score (nSPS) is 15.4. The van der Waals surface area contributed by atoms with Crippen LogP contribution in [0.15, 0.2) is 29.4 Å². The summed E-state index contributed by atoms with van der Waals surface area (Å²) in [6, 6.07) is 7.55. The van der Waals surface area contributed by atoms with Crippen LogP contribution in [0.25, 0.3) is 0 Å². The summed E-state index contributed by atoms with van der Waals surface area (Å²) >= 11 is 6.85. The topological polar surface area (TPSA) is 81.6 Å². The molecule has 6 nitrogen and oxygen atoms in total. The van der Waals surface area contributed by atoms with Gasteiger partial charge in [0.1, 0.15) is 5.75 Å². The maximum absolute atomic E-state index is 9.90. The maximum atomic E-state index is 9.90. The third-order valence-corrected chi connectivity index (χ3v) is 5.93. The number of hydrogen-bond donors (Lipinski definition) is 4. The largest absolute Gasteiger partial charge is 0.506 e. The van der Waals surface area contributed by atoms with Crippen molar-refractivity contribution in [3.8, 4) is 5.75 Å². The van der Waals surface area contributed by atoms with Gasteiger partial charge in [-0.3, -0.25) is 5.43 Å². The van der Waals surface area contributed by atoms with Gasteiger partial charge in [-0.05, 0) is 51.0 Å². The van der Waals surface area contributed by atoms with Gasteiger partial charge in [0.15, 0.2) is 10.2 Å². The quantitative estimate of drug-likeness (QED) is 0.256. The van der Waals surface area contributed by atoms with Crippen LogP contribution in [0.3, 0.4) is 0 Å². The zero-order chi connectivity index (χ0) is 19.2. The molecule has 144 valence electrons. The fourth-order valence-electron chi connectivity index (χ4n) is 3.13. The molecule has 0 saturated heterocycles. The second-order valence-electron chi connectivity index (χ2n) is 6.69. The van der Waals surface area contributed by atoms with Gasteiger partial charge in [-0.2, -0.15) is 5.10 Å². The summed E-state index contributed by atoms with van der Waals surface area (Å²) in [5.74, 6) is 0.193. The summed E-state index contributed by atoms with van der Waals surface area (Å²) < 4.78 is 0. The van der Waals surface area contributed by atoms with E-state index >= 15 is 0 Å². The van der Waals surface area contributed by atoms with E-state index in [9.17, 15) is 5.11 Å². The molecule has 0 unspecified atom stereocenters. The number of thiazole rings is 1. The number of anilines is 2. The lowest BCUT2D eigenvalue weighted by Gasteiger charge is -2.23. The molecular formula is C19H25N5OS2. The van der Waals surface area contributed by atoms with Crippen LogP contribution in [0.2, 0.25) is 0 Å². The molecule has 0 aliphatic heterocycles. The Balaban J connectivity index is 1.61. The molecule has 1 saturated carbocycles. The average Bonchev–Trinajstić information content (AvgIpc) is 3.03. The molecule has 2 aromatic rings. The molecule has 1 aliphatic carbocycles. The lowest BCUT2D eigenvalue weighted by Crippen LogP contribution is -2.41. The van der Waals surface area contributed by atoms with Crippen molar-refractivity contribution in [1.82, 2.24) is 15.7 Å². The van der Waals surface area contributed by atoms with Crippen LogP contribution in [0.4, 0.5) is 10.8 Å². The minimum Gasteiger partial charge on any atom is -0.506 e. The Morgan fingerprint density at radius 1 is 1.26 bits per heavy atom. The summed E-state index contributed by atoms with van der Waals surface area (Å²) in [7, 11) is 0. The van der Waals surface area contributed by atoms with Crippen LogP contribution < -0.4 is 16.1 Å². The highest BCUT2D eigenvalue weighted by Gasteiger charge is 2.15. The predicted octanol–water partition coefficient (Wildman–Crippen LogP) is 4.42. The Morgan fingerprint density at radius 2 is 2.00 bits per heavy atom. The summed E-state index contributed by atoms with van der Waals surface area (Å²) in [4.78, 5) is 5.50. The third-order valence-electron chi connectivity index (χ3n) is 4.54. The number of aromatic hydroxyl groups is 1. The van der Waals surface area contributed by atoms with E-state index in [1.54, 1.807) is 12.1 Å². The number of para-hydroxylation sites is 2. The molecule has 1 aromatic heterocycles. The van der Waals surface area contributed by atoms with Gasteiger partial charge in [-0.25, -0.2) is 4.98 Å². The fourth-order valence-corrected chi connectivity index (χ4v) is 4.27. The first-order valence-corrected chi connectivity index (χ1v) is 10.4. The van der Waals surface area contributed by atoms with Crippen molar-refractivity contribution in [2.24, 2.45) is 5.10 Å². The van der Waals surface area contributed by atoms with Gasteiger partial charge in [0.2, 0.25) is 0 Å². The van der Waals surface area contributed by atoms with Gasteiger partial charge in [0.25, 0.3) is 0 Å². The number of nitrogens with zero attached hydrogens (tertiary/aromatic N) is 2. The van der Waals surface area contributed by atoms with Crippen LogP contribution in [0, 0.1) is 6.92 Å². The number of nitrogens with one attached hydrogen (secondary N) is 3. The summed E-state index contributed by atoms with van der Waals surface area (Å²) in [6.45, 7) is 3.87. The predicted molar refractivity (Wildman–Crippen MR) is 116 cm³/mol. The Morgan fingerprint density at radius 3 is 2.74 bits per heavy atom. The van der Waals surface area contributed by atoms with Crippen molar-refractivity contribution < 1.29 is 5.11 Å². The molecular weight excluding hydrogens is 378 g/mol. The first kappa shape index (κ1) is 19.6. The molecule has 0 spiro atoms. The number of thiocarbonyl (C=S) groups is 1. The van der Waals surface area contributed by atoms with Crippen LogP contribution in [0.1, 0.15) is 49.6 Å². The molecule has 8 heteroatoms. The summed E-state index contributed by atoms with van der Waals surface area (Å²) in [6.07, 6.45) is 6.17. The standard InChI is InChI=1S/C19H25N5OS2/c1-12-17(27-19(20-12)22-15-10-6-7-11-16(15)25)13(2)23-24-18(26)21-14-8-4-3-5-9-14/h6-7,10-11,14,25H,3-5,8-9H2,1-2H3,(H,20,22)(H2,21,24,26)/b23-13-. The highest BCUT2D eigenvalue weighted by molar-refractivity contribution is 7.80. The van der Waals surface area contributed by atoms with Gasteiger partial charge < -0.3 is 15.7 Å². The minimum absolute atomic E-state index is 0.193. The van der Waals surface area contributed by atoms with Crippen molar-refractivity contribution in [3.63, 3.8) is 0 Å². The van der Waals surface area contributed by atoms with Crippen molar-refractivity contribution in [3.05, 3.63) is 34.8 Å². The number of aromatic nitrogens is 1. The van der Waals surface area contributed by atoms with E-state index in [1.807, 2.05) is 26.0 Å². The van der Waals surface area contributed by atoms with E-state index < -0.39 is 0 Å². The molecule has 27 heavy (non-hydrogen) atoms. The van der Waals surface area contributed by atoms with Gasteiger partial charge in [0, 0.05) is 6.04 Å². The molecule has 1 fully saturated rings. The lowest BCUT2D eigenvalue weighted by molar-refractivity contribution is 0.412. The number of rotatable bonds is 5. The molecule has 1 heterocycles. The second kappa shape index (κ2) is 9.14. The van der Waals surface area contributed by atoms with Crippen molar-refractivity contribution >= 4 is 45.2 Å². The minimum atomic E-state index is 0.193. The molecule has 1 aliphatic rings. The first-order chi connectivity index (χ1) is 13.0. The second-order valence-corrected chi connectivity index (χ2v) is 8.10. The van der Waals surface area contributed by atoms with Crippen LogP contribution in [0.5, 0.6) is 5.75 Å². The number of aryl methyl sites for hydroxylation is 1. The number of phenolic OH excluding ortho intramolecular Hbond substituents is 1. The van der Waals surface area contributed by atoms with Gasteiger partial charge in [0.05, 0.1) is 22.0 Å². The van der Waals surface area contributed by atoms with Crippen molar-refractivity contribution in [2.45, 2.75) is 52.0 Å². The highest BCUT2D eigenvalue weighted by atomic mass is 32.1. The highest BCUT2D eigenvalue weighted by Crippen LogP contribution is 2.30. The van der Waals surface area contributed by atoms with Crippen molar-refractivity contribution in [2.75, 3.05) is 5.32 Å². The molecule has 3 rings (SSSR count). The average molecular weight is 404 g/mol. The van der Waals surface area contributed by atoms with Crippen LogP contribution >= 0.6 is 23.6 Å². The Kier molecular flexibility index (Phi) is 6.63. The molecule has 0 atom stereocenters. The molecule has 0 bridgehead atoms. The van der Waals surface area contributed by atoms with E-state index in [4.69, 9.17) is 12.2 Å². The van der Waals surface area contributed by atoms with E-state index in [-0.39, 0.29) is 5.75 Å². The van der Waals surface area contributed by atoms with E-state index in [1.165, 1.54) is 43.4 Å². The number of benzene rings is 1. The molecule has 4 N–H and O–H groups in total. The number of hydrazone groups is 1. The Bertz CT molecular complexity index is 827. The van der Waals surface area contributed by atoms with E-state index in [0.29, 0.717) is 22.0 Å². The Hall–Kier alpha value is -2.19. The zero-order valence-corrected chi connectivity index (χ0v) is 17.2. The third kappa shape index (κ3) is 5.40. The molecule has 1 aromatic carbocycles. The summed E-state index contributed by atoms with van der Waals surface area (Å²) in [5.41, 5.74) is 5.28. The van der Waals surface area contributed by atoms with Gasteiger partial charge in [-0.1, -0.05) is 42.7 Å². The number of phenols is 1. The van der Waals surface area contributed by atoms with Crippen LogP contribution in [-0.4, -0.2) is 27.0 Å². The molecule has 0 radical (unpaired) electrons.